The number of carbonyl (C=O) groups excluding carboxylic acids is 3. The summed E-state index contributed by atoms with van der Waals surface area (Å²) in [6.07, 6.45) is -2.11. The van der Waals surface area contributed by atoms with Crippen LogP contribution < -0.4 is 21.7 Å². The molecule has 178 valence electrons. The summed E-state index contributed by atoms with van der Waals surface area (Å²) in [4.78, 5) is 59.7. The van der Waals surface area contributed by atoms with Crippen LogP contribution in [-0.4, -0.2) is 75.3 Å². The van der Waals surface area contributed by atoms with E-state index in [4.69, 9.17) is 10.8 Å². The van der Waals surface area contributed by atoms with Gasteiger partial charge in [0.05, 0.1) is 18.6 Å². The number of hydrogen-bond acceptors (Lipinski definition) is 7. The molecule has 31 heavy (non-hydrogen) atoms. The number of carbonyl (C=O) groups is 5. The zero-order valence-corrected chi connectivity index (χ0v) is 18.4. The van der Waals surface area contributed by atoms with Crippen molar-refractivity contribution < 1.29 is 39.3 Å². The molecule has 0 fully saturated rings. The minimum Gasteiger partial charge on any atom is -0.481 e. The van der Waals surface area contributed by atoms with Crippen LogP contribution in [0.5, 0.6) is 0 Å². The van der Waals surface area contributed by atoms with E-state index in [0.29, 0.717) is 0 Å². The van der Waals surface area contributed by atoms with Crippen LogP contribution in [-0.2, 0) is 24.0 Å². The second-order valence-corrected chi connectivity index (χ2v) is 8.18. The van der Waals surface area contributed by atoms with Crippen LogP contribution in [0.15, 0.2) is 0 Å². The molecule has 12 nitrogen and oxygen atoms in total. The second kappa shape index (κ2) is 12.8. The molecule has 0 aliphatic rings. The molecule has 0 aliphatic heterocycles. The molecular formula is C19H34N4O8. The third-order valence-corrected chi connectivity index (χ3v) is 4.42. The number of aliphatic carboxylic acids is 2. The number of amides is 3. The van der Waals surface area contributed by atoms with E-state index in [1.165, 1.54) is 6.92 Å². The standard InChI is InChI=1S/C19H34N4O8/c1-8(2)6-12(19(30)31)22-18(29)15(10(5)24)23-16(27)11(7-13(25)26)21-17(28)14(20)9(3)4/h8-12,14-15,24H,6-7,20H2,1-5H3,(H,21,28)(H,22,29)(H,23,27)(H,25,26)(H,30,31). The van der Waals surface area contributed by atoms with Crippen LogP contribution in [0.4, 0.5) is 0 Å². The third kappa shape index (κ3) is 10.2. The van der Waals surface area contributed by atoms with Crippen LogP contribution >= 0.6 is 0 Å². The SMILES string of the molecule is CC(C)CC(NC(=O)C(NC(=O)C(CC(=O)O)NC(=O)C(N)C(C)C)C(C)O)C(=O)O. The van der Waals surface area contributed by atoms with E-state index in [9.17, 15) is 34.2 Å². The number of aliphatic hydroxyl groups excluding tert-OH is 1. The quantitative estimate of drug-likeness (QED) is 0.174. The van der Waals surface area contributed by atoms with Crippen LogP contribution in [0.25, 0.3) is 0 Å². The van der Waals surface area contributed by atoms with Crippen LogP contribution in [0, 0.1) is 11.8 Å². The Morgan fingerprint density at radius 1 is 0.806 bits per heavy atom. The van der Waals surface area contributed by atoms with Gasteiger partial charge in [0.25, 0.3) is 0 Å². The van der Waals surface area contributed by atoms with Gasteiger partial charge in [-0.3, -0.25) is 19.2 Å². The lowest BCUT2D eigenvalue weighted by Gasteiger charge is -2.26. The summed E-state index contributed by atoms with van der Waals surface area (Å²) in [5, 5.41) is 34.9. The fraction of sp³-hybridized carbons (Fsp3) is 0.737. The van der Waals surface area contributed by atoms with Crippen molar-refractivity contribution in [2.45, 2.75) is 77.7 Å². The predicted octanol–water partition coefficient (Wildman–Crippen LogP) is -1.59. The highest BCUT2D eigenvalue weighted by molar-refractivity contribution is 5.95. The molecule has 0 saturated heterocycles. The summed E-state index contributed by atoms with van der Waals surface area (Å²) in [5.41, 5.74) is 5.71. The largest absolute Gasteiger partial charge is 0.481 e. The van der Waals surface area contributed by atoms with Crippen LogP contribution in [0.2, 0.25) is 0 Å². The van der Waals surface area contributed by atoms with Gasteiger partial charge in [-0.05, 0) is 25.2 Å². The molecule has 0 heterocycles. The fourth-order valence-electron chi connectivity index (χ4n) is 2.57. The van der Waals surface area contributed by atoms with Gasteiger partial charge in [-0.1, -0.05) is 27.7 Å². The molecule has 0 spiro atoms. The molecule has 5 unspecified atom stereocenters. The maximum atomic E-state index is 12.6. The molecule has 0 aliphatic carbocycles. The molecule has 12 heteroatoms. The van der Waals surface area contributed by atoms with Crippen LogP contribution in [0.3, 0.4) is 0 Å². The van der Waals surface area contributed by atoms with Crippen molar-refractivity contribution >= 4 is 29.7 Å². The Morgan fingerprint density at radius 3 is 1.71 bits per heavy atom. The lowest BCUT2D eigenvalue weighted by atomic mass is 10.0. The van der Waals surface area contributed by atoms with Gasteiger partial charge in [0.1, 0.15) is 18.1 Å². The summed E-state index contributed by atoms with van der Waals surface area (Å²) in [5.74, 6) is -5.76. The Labute approximate surface area is 180 Å². The highest BCUT2D eigenvalue weighted by Gasteiger charge is 2.33. The van der Waals surface area contributed by atoms with Crippen molar-refractivity contribution in [3.8, 4) is 0 Å². The number of nitrogens with two attached hydrogens (primary N) is 1. The van der Waals surface area contributed by atoms with Gasteiger partial charge in [0, 0.05) is 0 Å². The number of carboxylic acid groups (broad SMARTS) is 2. The fourth-order valence-corrected chi connectivity index (χ4v) is 2.57. The molecule has 0 saturated carbocycles. The minimum atomic E-state index is -1.58. The molecule has 0 aromatic rings. The summed E-state index contributed by atoms with van der Waals surface area (Å²) in [6.45, 7) is 8.05. The Balaban J connectivity index is 5.46. The second-order valence-electron chi connectivity index (χ2n) is 8.18. The van der Waals surface area contributed by atoms with Gasteiger partial charge in [-0.25, -0.2) is 4.79 Å². The number of nitrogens with one attached hydrogen (secondary N) is 3. The maximum absolute atomic E-state index is 12.6. The summed E-state index contributed by atoms with van der Waals surface area (Å²) < 4.78 is 0. The lowest BCUT2D eigenvalue weighted by Crippen LogP contribution is -2.60. The zero-order valence-electron chi connectivity index (χ0n) is 18.4. The van der Waals surface area contributed by atoms with Gasteiger partial charge >= 0.3 is 11.9 Å². The highest BCUT2D eigenvalue weighted by Crippen LogP contribution is 2.07. The number of carboxylic acids is 2. The number of hydrogen-bond donors (Lipinski definition) is 7. The molecule has 5 atom stereocenters. The van der Waals surface area contributed by atoms with Crippen LogP contribution in [0.1, 0.15) is 47.5 Å². The van der Waals surface area contributed by atoms with Crippen molar-refractivity contribution in [3.63, 3.8) is 0 Å². The number of rotatable bonds is 13. The van der Waals surface area contributed by atoms with E-state index in [0.717, 1.165) is 0 Å². The average molecular weight is 447 g/mol. The van der Waals surface area contributed by atoms with Gasteiger partial charge in [-0.2, -0.15) is 0 Å². The van der Waals surface area contributed by atoms with Gasteiger partial charge in [0.2, 0.25) is 17.7 Å². The summed E-state index contributed by atoms with van der Waals surface area (Å²) >= 11 is 0. The average Bonchev–Trinajstić information content (AvgIpc) is 2.62. The van der Waals surface area contributed by atoms with Crippen molar-refractivity contribution in [1.82, 2.24) is 16.0 Å². The number of aliphatic hydroxyl groups is 1. The Morgan fingerprint density at radius 2 is 1.32 bits per heavy atom. The first-order valence-corrected chi connectivity index (χ1v) is 9.96. The summed E-state index contributed by atoms with van der Waals surface area (Å²) in [7, 11) is 0. The Kier molecular flexibility index (Phi) is 11.7. The normalized spacial score (nSPS) is 16.0. The Hall–Kier alpha value is -2.73. The van der Waals surface area contributed by atoms with E-state index in [1.54, 1.807) is 27.7 Å². The molecule has 3 amide bonds. The van der Waals surface area contributed by atoms with E-state index in [2.05, 4.69) is 16.0 Å². The molecule has 0 bridgehead atoms. The van der Waals surface area contributed by atoms with Crippen molar-refractivity contribution in [3.05, 3.63) is 0 Å². The van der Waals surface area contributed by atoms with Crippen molar-refractivity contribution in [1.29, 1.82) is 0 Å². The topological polar surface area (TPSA) is 208 Å². The highest BCUT2D eigenvalue weighted by atomic mass is 16.4. The Bertz CT molecular complexity index is 665. The summed E-state index contributed by atoms with van der Waals surface area (Å²) in [6, 6.07) is -5.38. The first-order valence-electron chi connectivity index (χ1n) is 9.96. The first kappa shape index (κ1) is 28.3. The lowest BCUT2D eigenvalue weighted by molar-refractivity contribution is -0.144. The third-order valence-electron chi connectivity index (χ3n) is 4.42. The monoisotopic (exact) mass is 446 g/mol. The minimum absolute atomic E-state index is 0.0543. The van der Waals surface area contributed by atoms with Gasteiger partial charge < -0.3 is 37.0 Å². The molecule has 0 aromatic carbocycles. The maximum Gasteiger partial charge on any atom is 0.326 e. The zero-order chi connectivity index (χ0) is 24.5. The molecule has 8 N–H and O–H groups in total. The molecule has 0 radical (unpaired) electrons. The molecule has 0 rings (SSSR count). The van der Waals surface area contributed by atoms with Gasteiger partial charge in [-0.15, -0.1) is 0 Å². The van der Waals surface area contributed by atoms with E-state index in [-0.39, 0.29) is 18.3 Å². The van der Waals surface area contributed by atoms with Crippen molar-refractivity contribution in [2.75, 3.05) is 0 Å². The van der Waals surface area contributed by atoms with E-state index >= 15 is 0 Å². The molecule has 0 aromatic heterocycles. The smallest absolute Gasteiger partial charge is 0.326 e. The molecular weight excluding hydrogens is 412 g/mol. The van der Waals surface area contributed by atoms with E-state index < -0.39 is 66.4 Å². The predicted molar refractivity (Wildman–Crippen MR) is 110 cm³/mol. The van der Waals surface area contributed by atoms with E-state index in [1.807, 2.05) is 0 Å². The van der Waals surface area contributed by atoms with Gasteiger partial charge in [0.15, 0.2) is 0 Å². The first-order chi connectivity index (χ1) is 14.2. The van der Waals surface area contributed by atoms with Crippen molar-refractivity contribution in [2.24, 2.45) is 17.6 Å².